The third-order valence-electron chi connectivity index (χ3n) is 3.87. The molecule has 0 saturated heterocycles. The molecule has 1 amide bonds. The van der Waals surface area contributed by atoms with Crippen LogP contribution in [-0.4, -0.2) is 28.5 Å². The molecule has 7 heteroatoms. The molecule has 0 unspecified atom stereocenters. The predicted octanol–water partition coefficient (Wildman–Crippen LogP) is 3.97. The van der Waals surface area contributed by atoms with Crippen LogP contribution in [0, 0.1) is 13.8 Å². The smallest absolute Gasteiger partial charge is 0.242 e. The molecule has 0 fully saturated rings. The summed E-state index contributed by atoms with van der Waals surface area (Å²) in [5.41, 5.74) is 1.17. The number of likely N-dealkylation sites (N-methyl/N-ethyl adjacent to an activating group) is 1. The van der Waals surface area contributed by atoms with Crippen LogP contribution in [0.5, 0.6) is 0 Å². The van der Waals surface area contributed by atoms with Gasteiger partial charge in [0.2, 0.25) is 5.91 Å². The van der Waals surface area contributed by atoms with E-state index in [1.54, 1.807) is 22.7 Å². The van der Waals surface area contributed by atoms with E-state index in [4.69, 9.17) is 9.97 Å². The van der Waals surface area contributed by atoms with E-state index in [9.17, 15) is 4.79 Å². The van der Waals surface area contributed by atoms with Crippen molar-refractivity contribution in [2.24, 2.45) is 0 Å². The highest BCUT2D eigenvalue weighted by atomic mass is 32.1. The molecule has 3 aromatic rings. The molecule has 24 heavy (non-hydrogen) atoms. The maximum Gasteiger partial charge on any atom is 0.242 e. The topological polar surface area (TPSA) is 66.9 Å². The number of anilines is 1. The lowest BCUT2D eigenvalue weighted by molar-refractivity contribution is -0.121. The van der Waals surface area contributed by atoms with E-state index < -0.39 is 0 Å². The summed E-state index contributed by atoms with van der Waals surface area (Å²) in [7, 11) is 0. The monoisotopic (exact) mass is 360 g/mol. The number of fused-ring (bicyclic) bond motifs is 1. The predicted molar refractivity (Wildman–Crippen MR) is 102 cm³/mol. The first kappa shape index (κ1) is 16.9. The van der Waals surface area contributed by atoms with Gasteiger partial charge in [0.1, 0.15) is 16.7 Å². The third-order valence-corrected chi connectivity index (χ3v) is 5.83. The lowest BCUT2D eigenvalue weighted by Crippen LogP contribution is -2.37. The molecule has 0 aliphatic rings. The molecule has 3 rings (SSSR count). The minimum Gasteiger partial charge on any atom is -0.358 e. The van der Waals surface area contributed by atoms with Crippen LogP contribution in [0.25, 0.3) is 20.9 Å². The van der Waals surface area contributed by atoms with Crippen LogP contribution in [0.1, 0.15) is 24.3 Å². The summed E-state index contributed by atoms with van der Waals surface area (Å²) in [5, 5.41) is 9.13. The Bertz CT molecular complexity index is 870. The van der Waals surface area contributed by atoms with Crippen molar-refractivity contribution in [1.82, 2.24) is 15.3 Å². The van der Waals surface area contributed by atoms with Crippen LogP contribution in [0.4, 0.5) is 5.82 Å². The second kappa shape index (κ2) is 6.86. The number of aromatic nitrogens is 2. The molecule has 5 nitrogen and oxygen atoms in total. The zero-order valence-corrected chi connectivity index (χ0v) is 15.8. The van der Waals surface area contributed by atoms with Crippen molar-refractivity contribution < 1.29 is 4.79 Å². The quantitative estimate of drug-likeness (QED) is 0.722. The van der Waals surface area contributed by atoms with Gasteiger partial charge < -0.3 is 10.6 Å². The van der Waals surface area contributed by atoms with Crippen molar-refractivity contribution in [2.75, 3.05) is 11.9 Å². The molecule has 3 heterocycles. The lowest BCUT2D eigenvalue weighted by Gasteiger charge is -2.15. The van der Waals surface area contributed by atoms with Gasteiger partial charge in [-0.15, -0.1) is 22.7 Å². The van der Waals surface area contributed by atoms with Crippen LogP contribution < -0.4 is 10.6 Å². The molecule has 126 valence electrons. The minimum atomic E-state index is -0.362. The van der Waals surface area contributed by atoms with E-state index in [-0.39, 0.29) is 11.9 Å². The van der Waals surface area contributed by atoms with Crippen molar-refractivity contribution >= 4 is 44.6 Å². The molecule has 0 spiro atoms. The summed E-state index contributed by atoms with van der Waals surface area (Å²) in [6, 6.07) is 3.64. The Morgan fingerprint density at radius 1 is 1.33 bits per heavy atom. The normalized spacial score (nSPS) is 12.3. The van der Waals surface area contributed by atoms with Crippen LogP contribution in [0.15, 0.2) is 17.5 Å². The van der Waals surface area contributed by atoms with Crippen LogP contribution in [0.2, 0.25) is 0 Å². The molecule has 0 saturated carbocycles. The maximum atomic E-state index is 12.1. The summed E-state index contributed by atoms with van der Waals surface area (Å²) >= 11 is 3.27. The van der Waals surface area contributed by atoms with Crippen LogP contribution in [-0.2, 0) is 4.79 Å². The van der Waals surface area contributed by atoms with Gasteiger partial charge in [-0.3, -0.25) is 4.79 Å². The van der Waals surface area contributed by atoms with E-state index in [0.717, 1.165) is 20.9 Å². The summed E-state index contributed by atoms with van der Waals surface area (Å²) < 4.78 is 0. The van der Waals surface area contributed by atoms with E-state index >= 15 is 0 Å². The zero-order valence-electron chi connectivity index (χ0n) is 14.1. The average molecular weight is 361 g/mol. The van der Waals surface area contributed by atoms with E-state index in [1.165, 1.54) is 10.4 Å². The molecule has 2 N–H and O–H groups in total. The maximum absolute atomic E-state index is 12.1. The number of amides is 1. The number of carbonyl (C=O) groups excluding carboxylic acids is 1. The Hall–Kier alpha value is -1.99. The Morgan fingerprint density at radius 3 is 2.79 bits per heavy atom. The number of thiophene rings is 2. The number of nitrogens with one attached hydrogen (secondary N) is 2. The fraction of sp³-hybridized carbons (Fsp3) is 0.353. The second-order valence-electron chi connectivity index (χ2n) is 5.60. The van der Waals surface area contributed by atoms with Crippen molar-refractivity contribution in [3.8, 4) is 10.7 Å². The number of hydrogen-bond donors (Lipinski definition) is 2. The number of carbonyl (C=O) groups is 1. The zero-order chi connectivity index (χ0) is 17.3. The highest BCUT2D eigenvalue weighted by Gasteiger charge is 2.19. The highest BCUT2D eigenvalue weighted by Crippen LogP contribution is 2.35. The molecule has 1 atom stereocenters. The molecular weight excluding hydrogens is 340 g/mol. The minimum absolute atomic E-state index is 0.0356. The van der Waals surface area contributed by atoms with Gasteiger partial charge in [-0.2, -0.15) is 0 Å². The number of hydrogen-bond acceptors (Lipinski definition) is 6. The first-order valence-electron chi connectivity index (χ1n) is 7.87. The summed E-state index contributed by atoms with van der Waals surface area (Å²) in [4.78, 5) is 24.7. The molecule has 3 aromatic heterocycles. The van der Waals surface area contributed by atoms with Gasteiger partial charge in [0.15, 0.2) is 5.82 Å². The Kier molecular flexibility index (Phi) is 4.82. The molecule has 0 aromatic carbocycles. The van der Waals surface area contributed by atoms with Gasteiger partial charge in [-0.25, -0.2) is 9.97 Å². The second-order valence-corrected chi connectivity index (χ2v) is 7.75. The molecule has 0 bridgehead atoms. The van der Waals surface area contributed by atoms with Crippen molar-refractivity contribution in [3.63, 3.8) is 0 Å². The van der Waals surface area contributed by atoms with Gasteiger partial charge in [0, 0.05) is 11.4 Å². The average Bonchev–Trinajstić information content (AvgIpc) is 3.17. The molecule has 0 aliphatic heterocycles. The molecular formula is C17H20N4OS2. The van der Waals surface area contributed by atoms with Gasteiger partial charge in [0.25, 0.3) is 0 Å². The fourth-order valence-corrected chi connectivity index (χ4v) is 4.15. The summed E-state index contributed by atoms with van der Waals surface area (Å²) in [6.07, 6.45) is 0. The highest BCUT2D eigenvalue weighted by molar-refractivity contribution is 7.19. The van der Waals surface area contributed by atoms with Crippen molar-refractivity contribution in [1.29, 1.82) is 0 Å². The summed E-state index contributed by atoms with van der Waals surface area (Å²) in [5.74, 6) is 1.39. The van der Waals surface area contributed by atoms with Gasteiger partial charge in [-0.1, -0.05) is 6.07 Å². The first-order valence-corrected chi connectivity index (χ1v) is 9.56. The largest absolute Gasteiger partial charge is 0.358 e. The van der Waals surface area contributed by atoms with Gasteiger partial charge in [0.05, 0.1) is 10.3 Å². The van der Waals surface area contributed by atoms with Crippen LogP contribution in [0.3, 0.4) is 0 Å². The molecule has 0 aliphatic carbocycles. The third kappa shape index (κ3) is 3.14. The van der Waals surface area contributed by atoms with E-state index in [1.807, 2.05) is 31.4 Å². The molecule has 0 radical (unpaired) electrons. The fourth-order valence-electron chi connectivity index (χ4n) is 2.47. The summed E-state index contributed by atoms with van der Waals surface area (Å²) in [6.45, 7) is 8.53. The number of nitrogens with zero attached hydrogens (tertiary/aromatic N) is 2. The SMILES string of the molecule is CCNC(=O)[C@H](C)Nc1nc(-c2cccs2)nc2sc(C)c(C)c12. The van der Waals surface area contributed by atoms with Gasteiger partial charge in [-0.05, 0) is 44.7 Å². The van der Waals surface area contributed by atoms with E-state index in [2.05, 4.69) is 24.5 Å². The van der Waals surface area contributed by atoms with E-state index in [0.29, 0.717) is 12.4 Å². The Balaban J connectivity index is 2.08. The number of aryl methyl sites for hydroxylation is 2. The Labute approximate surface area is 149 Å². The Morgan fingerprint density at radius 2 is 2.12 bits per heavy atom. The first-order chi connectivity index (χ1) is 11.5. The van der Waals surface area contributed by atoms with Crippen LogP contribution >= 0.6 is 22.7 Å². The van der Waals surface area contributed by atoms with Crippen molar-refractivity contribution in [2.45, 2.75) is 33.7 Å². The van der Waals surface area contributed by atoms with Gasteiger partial charge >= 0.3 is 0 Å². The number of rotatable bonds is 5. The lowest BCUT2D eigenvalue weighted by atomic mass is 10.2. The standard InChI is InChI=1S/C17H20N4OS2/c1-5-18-16(22)10(3)19-15-13-9(2)11(4)24-17(13)21-14(20-15)12-7-6-8-23-12/h6-8,10H,5H2,1-4H3,(H,18,22)(H,19,20,21)/t10-/m0/s1. The van der Waals surface area contributed by atoms with Crippen molar-refractivity contribution in [3.05, 3.63) is 28.0 Å².